The lowest BCUT2D eigenvalue weighted by molar-refractivity contribution is 0.472. The summed E-state index contributed by atoms with van der Waals surface area (Å²) in [6.07, 6.45) is 0.678. The van der Waals surface area contributed by atoms with Crippen molar-refractivity contribution in [3.63, 3.8) is 0 Å². The molecule has 0 amide bonds. The van der Waals surface area contributed by atoms with Gasteiger partial charge >= 0.3 is 0 Å². The molecule has 0 bridgehead atoms. The zero-order valence-electron chi connectivity index (χ0n) is 14.2. The molecule has 0 saturated heterocycles. The van der Waals surface area contributed by atoms with Crippen molar-refractivity contribution in [1.82, 2.24) is 4.72 Å². The zero-order valence-corrected chi connectivity index (χ0v) is 15.0. The van der Waals surface area contributed by atoms with Crippen molar-refractivity contribution in [2.45, 2.75) is 38.1 Å². The molecule has 1 atom stereocenters. The lowest BCUT2D eigenvalue weighted by Gasteiger charge is -2.21. The normalized spacial score (nSPS) is 12.8. The van der Waals surface area contributed by atoms with E-state index >= 15 is 0 Å². The number of rotatable bonds is 6. The number of hydrogen-bond acceptors (Lipinski definition) is 3. The molecule has 0 aliphatic carbocycles. The van der Waals surface area contributed by atoms with Crippen LogP contribution in [-0.4, -0.2) is 8.42 Å². The molecule has 1 unspecified atom stereocenters. The first-order valence-electron chi connectivity index (χ1n) is 7.91. The third-order valence-electron chi connectivity index (χ3n) is 3.78. The molecule has 5 heteroatoms. The summed E-state index contributed by atoms with van der Waals surface area (Å²) in [5, 5.41) is 8.91. The van der Waals surface area contributed by atoms with Crippen molar-refractivity contribution in [1.29, 1.82) is 5.26 Å². The SMILES string of the molecule is Cc1ccc(S(=O)(=O)NC(CC(C)C)c2ccc(C#N)cc2)cc1. The second-order valence-corrected chi connectivity index (χ2v) is 8.06. The highest BCUT2D eigenvalue weighted by Gasteiger charge is 2.22. The van der Waals surface area contributed by atoms with Crippen molar-refractivity contribution in [3.05, 3.63) is 65.2 Å². The molecule has 0 heterocycles. The number of hydrogen-bond donors (Lipinski definition) is 1. The van der Waals surface area contributed by atoms with Crippen molar-refractivity contribution in [2.24, 2.45) is 5.92 Å². The molecule has 2 rings (SSSR count). The van der Waals surface area contributed by atoms with Crippen LogP contribution < -0.4 is 4.72 Å². The molecule has 0 spiro atoms. The van der Waals surface area contributed by atoms with Crippen molar-refractivity contribution in [3.8, 4) is 6.07 Å². The highest BCUT2D eigenvalue weighted by molar-refractivity contribution is 7.89. The molecule has 0 saturated carbocycles. The molecular weight excluding hydrogens is 320 g/mol. The predicted octanol–water partition coefficient (Wildman–Crippen LogP) is 3.93. The van der Waals surface area contributed by atoms with E-state index < -0.39 is 10.0 Å². The van der Waals surface area contributed by atoms with Crippen LogP contribution in [0.4, 0.5) is 0 Å². The van der Waals surface area contributed by atoms with Gasteiger partial charge in [-0.25, -0.2) is 13.1 Å². The number of sulfonamides is 1. The van der Waals surface area contributed by atoms with Gasteiger partial charge in [-0.3, -0.25) is 0 Å². The van der Waals surface area contributed by atoms with Crippen LogP contribution in [0.5, 0.6) is 0 Å². The fraction of sp³-hybridized carbons (Fsp3) is 0.316. The van der Waals surface area contributed by atoms with Gasteiger partial charge in [-0.1, -0.05) is 43.7 Å². The van der Waals surface area contributed by atoms with Gasteiger partial charge in [0.2, 0.25) is 10.0 Å². The van der Waals surface area contributed by atoms with Crippen molar-refractivity contribution < 1.29 is 8.42 Å². The Kier molecular flexibility index (Phi) is 5.76. The second kappa shape index (κ2) is 7.61. The van der Waals surface area contributed by atoms with Gasteiger partial charge < -0.3 is 0 Å². The number of nitrogens with one attached hydrogen (secondary N) is 1. The molecule has 1 N–H and O–H groups in total. The van der Waals surface area contributed by atoms with E-state index in [2.05, 4.69) is 24.6 Å². The Morgan fingerprint density at radius 2 is 1.62 bits per heavy atom. The minimum absolute atomic E-state index is 0.260. The molecule has 2 aromatic rings. The summed E-state index contributed by atoms with van der Waals surface area (Å²) in [6.45, 7) is 6.02. The molecule has 0 fully saturated rings. The summed E-state index contributed by atoms with van der Waals surface area (Å²) < 4.78 is 28.1. The van der Waals surface area contributed by atoms with Gasteiger partial charge in [-0.2, -0.15) is 5.26 Å². The summed E-state index contributed by atoms with van der Waals surface area (Å²) in [5.41, 5.74) is 2.43. The van der Waals surface area contributed by atoms with Crippen LogP contribution >= 0.6 is 0 Å². The van der Waals surface area contributed by atoms with E-state index in [1.165, 1.54) is 0 Å². The largest absolute Gasteiger partial charge is 0.241 e. The van der Waals surface area contributed by atoms with Gasteiger partial charge in [0.25, 0.3) is 0 Å². The first-order valence-corrected chi connectivity index (χ1v) is 9.39. The molecular formula is C19H22N2O2S. The number of aryl methyl sites for hydroxylation is 1. The molecule has 24 heavy (non-hydrogen) atoms. The maximum atomic E-state index is 12.7. The first kappa shape index (κ1) is 18.2. The van der Waals surface area contributed by atoms with Crippen LogP contribution in [0.3, 0.4) is 0 Å². The van der Waals surface area contributed by atoms with Gasteiger partial charge in [0, 0.05) is 6.04 Å². The fourth-order valence-corrected chi connectivity index (χ4v) is 3.72. The molecule has 4 nitrogen and oxygen atoms in total. The summed E-state index contributed by atoms with van der Waals surface area (Å²) in [5.74, 6) is 0.325. The third kappa shape index (κ3) is 4.67. The minimum atomic E-state index is -3.60. The van der Waals surface area contributed by atoms with E-state index in [0.717, 1.165) is 11.1 Å². The lowest BCUT2D eigenvalue weighted by Crippen LogP contribution is -2.29. The van der Waals surface area contributed by atoms with Crippen LogP contribution in [-0.2, 0) is 10.0 Å². The van der Waals surface area contributed by atoms with E-state index in [0.29, 0.717) is 17.9 Å². The summed E-state index contributed by atoms with van der Waals surface area (Å²) in [6, 6.07) is 15.6. The highest BCUT2D eigenvalue weighted by Crippen LogP contribution is 2.24. The Labute approximate surface area is 144 Å². The van der Waals surface area contributed by atoms with Crippen LogP contribution in [0.1, 0.15) is 43.0 Å². The van der Waals surface area contributed by atoms with Crippen LogP contribution in [0.15, 0.2) is 53.4 Å². The summed E-state index contributed by atoms with van der Waals surface area (Å²) in [7, 11) is -3.60. The lowest BCUT2D eigenvalue weighted by atomic mass is 9.97. The quantitative estimate of drug-likeness (QED) is 0.864. The highest BCUT2D eigenvalue weighted by atomic mass is 32.2. The smallest absolute Gasteiger partial charge is 0.207 e. The van der Waals surface area contributed by atoms with E-state index in [1.54, 1.807) is 36.4 Å². The van der Waals surface area contributed by atoms with Crippen molar-refractivity contribution in [2.75, 3.05) is 0 Å². The Hall–Kier alpha value is -2.16. The van der Waals surface area contributed by atoms with E-state index in [-0.39, 0.29) is 10.9 Å². The number of benzene rings is 2. The summed E-state index contributed by atoms with van der Waals surface area (Å²) in [4.78, 5) is 0.260. The van der Waals surface area contributed by atoms with Crippen molar-refractivity contribution >= 4 is 10.0 Å². The van der Waals surface area contributed by atoms with Gasteiger partial charge in [-0.15, -0.1) is 0 Å². The number of nitrogens with zero attached hydrogens (tertiary/aromatic N) is 1. The molecule has 0 aliphatic heterocycles. The third-order valence-corrected chi connectivity index (χ3v) is 5.27. The van der Waals surface area contributed by atoms with Gasteiger partial charge in [0.1, 0.15) is 0 Å². The Morgan fingerprint density at radius 3 is 2.12 bits per heavy atom. The average molecular weight is 342 g/mol. The molecule has 0 aliphatic rings. The second-order valence-electron chi connectivity index (χ2n) is 6.35. The molecule has 2 aromatic carbocycles. The maximum absolute atomic E-state index is 12.7. The van der Waals surface area contributed by atoms with Crippen LogP contribution in [0.25, 0.3) is 0 Å². The van der Waals surface area contributed by atoms with Gasteiger partial charge in [0.15, 0.2) is 0 Å². The minimum Gasteiger partial charge on any atom is -0.207 e. The predicted molar refractivity (Wildman–Crippen MR) is 94.9 cm³/mol. The van der Waals surface area contributed by atoms with E-state index in [4.69, 9.17) is 5.26 Å². The fourth-order valence-electron chi connectivity index (χ4n) is 2.49. The Morgan fingerprint density at radius 1 is 1.04 bits per heavy atom. The molecule has 0 aromatic heterocycles. The summed E-state index contributed by atoms with van der Waals surface area (Å²) >= 11 is 0. The molecule has 126 valence electrons. The number of nitriles is 1. The van der Waals surface area contributed by atoms with Crippen LogP contribution in [0, 0.1) is 24.2 Å². The Balaban J connectivity index is 2.30. The van der Waals surface area contributed by atoms with Gasteiger partial charge in [0.05, 0.1) is 16.5 Å². The molecule has 0 radical (unpaired) electrons. The monoisotopic (exact) mass is 342 g/mol. The van der Waals surface area contributed by atoms with E-state index in [9.17, 15) is 8.42 Å². The first-order chi connectivity index (χ1) is 11.3. The topological polar surface area (TPSA) is 70.0 Å². The van der Waals surface area contributed by atoms with Crippen LogP contribution in [0.2, 0.25) is 0 Å². The maximum Gasteiger partial charge on any atom is 0.241 e. The zero-order chi connectivity index (χ0) is 17.7. The van der Waals surface area contributed by atoms with E-state index in [1.807, 2.05) is 19.1 Å². The average Bonchev–Trinajstić information content (AvgIpc) is 2.54. The Bertz CT molecular complexity index is 817. The standard InChI is InChI=1S/C19H22N2O2S/c1-14(2)12-19(17-8-6-16(13-20)7-9-17)21-24(22,23)18-10-4-15(3)5-11-18/h4-11,14,19,21H,12H2,1-3H3. The van der Waals surface area contributed by atoms with Gasteiger partial charge in [-0.05, 0) is 49.1 Å².